The van der Waals surface area contributed by atoms with Gasteiger partial charge in [-0.05, 0) is 80.5 Å². The molecule has 7 nitrogen and oxygen atoms in total. The smallest absolute Gasteiger partial charge is 0.307 e. The molecule has 2 aliphatic rings. The lowest BCUT2D eigenvalue weighted by Crippen LogP contribution is -2.36. The molecule has 2 aliphatic carbocycles. The second-order valence-electron chi connectivity index (χ2n) is 10.1. The normalized spacial score (nSPS) is 20.0. The van der Waals surface area contributed by atoms with Crippen LogP contribution in [0.3, 0.4) is 0 Å². The van der Waals surface area contributed by atoms with Crippen molar-refractivity contribution in [1.82, 2.24) is 0 Å². The third kappa shape index (κ3) is 6.45. The Labute approximate surface area is 219 Å². The number of carboxylic acids is 1. The minimum atomic E-state index is -0.890. The zero-order valence-electron chi connectivity index (χ0n) is 22.2. The molecule has 2 fully saturated rings. The molecule has 0 radical (unpaired) electrons. The molecule has 0 bridgehead atoms. The average Bonchev–Trinajstić information content (AvgIpc) is 3.42. The van der Waals surface area contributed by atoms with Crippen LogP contribution in [-0.2, 0) is 20.9 Å². The molecule has 1 amide bonds. The Morgan fingerprint density at radius 2 is 1.65 bits per heavy atom. The summed E-state index contributed by atoms with van der Waals surface area (Å²) in [5.41, 5.74) is 4.48. The Hall–Kier alpha value is -3.06. The Morgan fingerprint density at radius 1 is 0.973 bits per heavy atom. The third-order valence-corrected chi connectivity index (χ3v) is 7.71. The average molecular weight is 510 g/mol. The van der Waals surface area contributed by atoms with Crippen LogP contribution >= 0.6 is 0 Å². The van der Waals surface area contributed by atoms with Crippen LogP contribution in [0.1, 0.15) is 69.4 Å². The molecule has 7 heteroatoms. The highest BCUT2D eigenvalue weighted by molar-refractivity contribution is 5.95. The zero-order chi connectivity index (χ0) is 26.4. The summed E-state index contributed by atoms with van der Waals surface area (Å²) in [4.78, 5) is 24.8. The number of methoxy groups -OCH3 is 1. The van der Waals surface area contributed by atoms with Gasteiger partial charge in [0.25, 0.3) is 0 Å². The molecule has 37 heavy (non-hydrogen) atoms. The van der Waals surface area contributed by atoms with Crippen LogP contribution in [0, 0.1) is 18.8 Å². The molecule has 2 saturated carbocycles. The highest BCUT2D eigenvalue weighted by atomic mass is 16.5. The molecule has 0 spiro atoms. The number of carbonyl (C=O) groups excluding carboxylic acids is 1. The first-order valence-corrected chi connectivity index (χ1v) is 13.5. The molecule has 2 N–H and O–H groups in total. The van der Waals surface area contributed by atoms with Gasteiger partial charge in [-0.1, -0.05) is 31.7 Å². The van der Waals surface area contributed by atoms with Gasteiger partial charge in [0, 0.05) is 11.3 Å². The molecule has 200 valence electrons. The molecule has 2 aromatic rings. The van der Waals surface area contributed by atoms with Gasteiger partial charge < -0.3 is 24.6 Å². The summed E-state index contributed by atoms with van der Waals surface area (Å²) in [6, 6.07) is 9.83. The largest absolute Gasteiger partial charge is 0.496 e. The van der Waals surface area contributed by atoms with Crippen molar-refractivity contribution in [3.8, 4) is 22.6 Å². The van der Waals surface area contributed by atoms with Crippen molar-refractivity contribution in [2.75, 3.05) is 19.0 Å². The number of nitrogens with one attached hydrogen (secondary N) is 1. The van der Waals surface area contributed by atoms with Crippen LogP contribution in [0.25, 0.3) is 11.1 Å². The topological polar surface area (TPSA) is 94.1 Å². The molecular formula is C30H39NO6. The van der Waals surface area contributed by atoms with Crippen molar-refractivity contribution < 1.29 is 28.9 Å². The monoisotopic (exact) mass is 509 g/mol. The van der Waals surface area contributed by atoms with Gasteiger partial charge in [0.15, 0.2) is 0 Å². The van der Waals surface area contributed by atoms with Crippen LogP contribution in [0.5, 0.6) is 11.5 Å². The summed E-state index contributed by atoms with van der Waals surface area (Å²) in [6.45, 7) is 4.91. The lowest BCUT2D eigenvalue weighted by Gasteiger charge is -2.27. The molecule has 4 rings (SSSR count). The van der Waals surface area contributed by atoms with E-state index >= 15 is 0 Å². The van der Waals surface area contributed by atoms with Gasteiger partial charge in [0.2, 0.25) is 5.91 Å². The predicted molar refractivity (Wildman–Crippen MR) is 143 cm³/mol. The second kappa shape index (κ2) is 12.5. The fraction of sp³-hybridized carbons (Fsp3) is 0.533. The summed E-state index contributed by atoms with van der Waals surface area (Å²) in [5.74, 6) is -0.737. The van der Waals surface area contributed by atoms with Crippen molar-refractivity contribution in [2.24, 2.45) is 11.8 Å². The number of anilines is 1. The first kappa shape index (κ1) is 27.0. The van der Waals surface area contributed by atoms with E-state index in [9.17, 15) is 14.7 Å². The van der Waals surface area contributed by atoms with Crippen molar-refractivity contribution in [2.45, 2.75) is 77.9 Å². The summed E-state index contributed by atoms with van der Waals surface area (Å²) >= 11 is 0. The number of hydrogen-bond donors (Lipinski definition) is 2. The summed E-state index contributed by atoms with van der Waals surface area (Å²) < 4.78 is 17.8. The number of aliphatic carboxylic acids is 1. The van der Waals surface area contributed by atoms with E-state index in [1.807, 2.05) is 44.2 Å². The lowest BCUT2D eigenvalue weighted by atomic mass is 9.78. The summed E-state index contributed by atoms with van der Waals surface area (Å²) in [7, 11) is 1.65. The summed E-state index contributed by atoms with van der Waals surface area (Å²) in [5, 5.41) is 12.6. The number of carboxylic acid groups (broad SMARTS) is 1. The van der Waals surface area contributed by atoms with E-state index in [4.69, 9.17) is 14.2 Å². The molecule has 0 heterocycles. The maximum Gasteiger partial charge on any atom is 0.307 e. The van der Waals surface area contributed by atoms with Gasteiger partial charge in [0.05, 0.1) is 38.3 Å². The first-order chi connectivity index (χ1) is 17.9. The van der Waals surface area contributed by atoms with Gasteiger partial charge in [-0.3, -0.25) is 9.59 Å². The van der Waals surface area contributed by atoms with E-state index in [1.54, 1.807) is 7.11 Å². The van der Waals surface area contributed by atoms with Crippen molar-refractivity contribution >= 4 is 17.6 Å². The molecule has 2 unspecified atom stereocenters. The summed E-state index contributed by atoms with van der Waals surface area (Å²) in [6.07, 6.45) is 7.62. The number of rotatable bonds is 10. The Kier molecular flexibility index (Phi) is 9.09. The highest BCUT2D eigenvalue weighted by Gasteiger charge is 2.35. The third-order valence-electron chi connectivity index (χ3n) is 7.71. The van der Waals surface area contributed by atoms with Gasteiger partial charge in [-0.2, -0.15) is 0 Å². The number of amides is 1. The van der Waals surface area contributed by atoms with E-state index in [0.717, 1.165) is 59.4 Å². The quantitative estimate of drug-likeness (QED) is 0.387. The number of hydrogen-bond acceptors (Lipinski definition) is 5. The lowest BCUT2D eigenvalue weighted by molar-refractivity contribution is -0.147. The molecule has 0 aromatic heterocycles. The Bertz CT molecular complexity index is 1110. The maximum atomic E-state index is 13.1. The van der Waals surface area contributed by atoms with Gasteiger partial charge >= 0.3 is 5.97 Å². The van der Waals surface area contributed by atoms with Crippen LogP contribution in [-0.4, -0.2) is 36.8 Å². The van der Waals surface area contributed by atoms with Crippen molar-refractivity contribution in [1.29, 1.82) is 0 Å². The van der Waals surface area contributed by atoms with Crippen LogP contribution in [0.2, 0.25) is 0 Å². The van der Waals surface area contributed by atoms with E-state index in [0.29, 0.717) is 31.7 Å². The van der Waals surface area contributed by atoms with E-state index in [1.165, 1.54) is 12.8 Å². The SMILES string of the molecule is CCOc1cc(-c2ccc(NC(=O)C3CCCCC3C(=O)O)cc2COC2CCCC2)cc(OC)c1C. The Balaban J connectivity index is 1.64. The fourth-order valence-electron chi connectivity index (χ4n) is 5.65. The molecule has 2 aromatic carbocycles. The number of ether oxygens (including phenoxy) is 3. The Morgan fingerprint density at radius 3 is 2.32 bits per heavy atom. The van der Waals surface area contributed by atoms with Gasteiger partial charge in [-0.15, -0.1) is 0 Å². The minimum absolute atomic E-state index is 0.224. The molecular weight excluding hydrogens is 470 g/mol. The molecule has 2 atom stereocenters. The second-order valence-corrected chi connectivity index (χ2v) is 10.1. The molecule has 0 aliphatic heterocycles. The van der Waals surface area contributed by atoms with Crippen LogP contribution < -0.4 is 14.8 Å². The van der Waals surface area contributed by atoms with E-state index < -0.39 is 17.8 Å². The number of benzene rings is 2. The molecule has 0 saturated heterocycles. The minimum Gasteiger partial charge on any atom is -0.496 e. The fourth-order valence-corrected chi connectivity index (χ4v) is 5.65. The first-order valence-electron chi connectivity index (χ1n) is 13.5. The van der Waals surface area contributed by atoms with Crippen LogP contribution in [0.4, 0.5) is 5.69 Å². The van der Waals surface area contributed by atoms with Crippen LogP contribution in [0.15, 0.2) is 30.3 Å². The standard InChI is InChI=1S/C30H39NO6/c1-4-36-28-17-20(16-27(35-3)19(28)2)24-14-13-22(15-21(24)18-37-23-9-5-6-10-23)31-29(32)25-11-7-8-12-26(25)30(33)34/h13-17,23,25-26H,4-12,18H2,1-3H3,(H,31,32)(H,33,34). The van der Waals surface area contributed by atoms with Gasteiger partial charge in [-0.25, -0.2) is 0 Å². The van der Waals surface area contributed by atoms with E-state index in [2.05, 4.69) is 5.32 Å². The maximum absolute atomic E-state index is 13.1. The highest BCUT2D eigenvalue weighted by Crippen LogP contribution is 2.38. The van der Waals surface area contributed by atoms with E-state index in [-0.39, 0.29) is 12.0 Å². The van der Waals surface area contributed by atoms with Crippen molar-refractivity contribution in [3.05, 3.63) is 41.5 Å². The van der Waals surface area contributed by atoms with Gasteiger partial charge in [0.1, 0.15) is 11.5 Å². The zero-order valence-corrected chi connectivity index (χ0v) is 22.2. The van der Waals surface area contributed by atoms with Crippen molar-refractivity contribution in [3.63, 3.8) is 0 Å². The number of carbonyl (C=O) groups is 2. The predicted octanol–water partition coefficient (Wildman–Crippen LogP) is 6.36.